The molecule has 5 nitrogen and oxygen atoms in total. The van der Waals surface area contributed by atoms with Crippen LogP contribution in [-0.4, -0.2) is 24.1 Å². The summed E-state index contributed by atoms with van der Waals surface area (Å²) in [4.78, 5) is 7.99. The molecule has 0 saturated heterocycles. The first-order valence-corrected chi connectivity index (χ1v) is 10.2. The van der Waals surface area contributed by atoms with E-state index in [0.717, 1.165) is 38.6 Å². The normalized spacial score (nSPS) is 11.7. The first-order valence-electron chi connectivity index (χ1n) is 8.58. The Labute approximate surface area is 157 Å². The van der Waals surface area contributed by atoms with Crippen molar-refractivity contribution in [1.29, 1.82) is 5.26 Å². The minimum Gasteiger partial charge on any atom is -0.339 e. The van der Waals surface area contributed by atoms with Crippen LogP contribution < -0.4 is 0 Å². The lowest BCUT2D eigenvalue weighted by Crippen LogP contribution is -2.03. The van der Waals surface area contributed by atoms with Crippen LogP contribution in [-0.2, 0) is 9.84 Å². The number of hydrogen-bond acceptors (Lipinski definition) is 4. The van der Waals surface area contributed by atoms with Crippen LogP contribution in [0.25, 0.3) is 33.1 Å². The fourth-order valence-electron chi connectivity index (χ4n) is 3.33. The Hall–Kier alpha value is -3.17. The number of hydrogen-bond donors (Lipinski definition) is 1. The number of pyridine rings is 1. The number of benzene rings is 2. The van der Waals surface area contributed by atoms with Gasteiger partial charge in [-0.05, 0) is 53.9 Å². The molecule has 4 rings (SSSR count). The van der Waals surface area contributed by atoms with Gasteiger partial charge in [0, 0.05) is 22.5 Å². The van der Waals surface area contributed by atoms with E-state index in [9.17, 15) is 13.7 Å². The largest absolute Gasteiger partial charge is 0.339 e. The van der Waals surface area contributed by atoms with Crippen LogP contribution in [0.5, 0.6) is 0 Å². The van der Waals surface area contributed by atoms with Crippen molar-refractivity contribution >= 4 is 31.8 Å². The number of nitrogens with one attached hydrogen (secondary N) is 1. The Balaban J connectivity index is 2.10. The quantitative estimate of drug-likeness (QED) is 0.576. The van der Waals surface area contributed by atoms with E-state index in [2.05, 4.69) is 16.0 Å². The second kappa shape index (κ2) is 6.22. The van der Waals surface area contributed by atoms with Crippen molar-refractivity contribution in [1.82, 2.24) is 9.97 Å². The van der Waals surface area contributed by atoms with Crippen LogP contribution in [0.4, 0.5) is 0 Å². The number of rotatable bonds is 3. The molecule has 0 aliphatic heterocycles. The van der Waals surface area contributed by atoms with E-state index in [-0.39, 0.29) is 10.6 Å². The molecule has 134 valence electrons. The molecular formula is C21H17N3O2S. The first kappa shape index (κ1) is 17.3. The van der Waals surface area contributed by atoms with E-state index in [1.165, 1.54) is 0 Å². The van der Waals surface area contributed by atoms with Crippen molar-refractivity contribution in [3.05, 3.63) is 59.8 Å². The van der Waals surface area contributed by atoms with Crippen LogP contribution in [0.15, 0.2) is 53.6 Å². The summed E-state index contributed by atoms with van der Waals surface area (Å²) in [7, 11) is -3.32. The van der Waals surface area contributed by atoms with Gasteiger partial charge in [0.25, 0.3) is 0 Å². The van der Waals surface area contributed by atoms with E-state index >= 15 is 0 Å². The molecule has 0 aliphatic rings. The van der Waals surface area contributed by atoms with Crippen molar-refractivity contribution in [3.63, 3.8) is 0 Å². The average Bonchev–Trinajstić information content (AvgIpc) is 3.04. The molecule has 0 spiro atoms. The third-order valence-corrected chi connectivity index (χ3v) is 6.43. The molecule has 0 amide bonds. The maximum absolute atomic E-state index is 12.3. The smallest absolute Gasteiger partial charge is 0.178 e. The third-order valence-electron chi connectivity index (χ3n) is 4.70. The molecular weight excluding hydrogens is 358 g/mol. The van der Waals surface area contributed by atoms with Crippen LogP contribution in [0.1, 0.15) is 18.1 Å². The van der Waals surface area contributed by atoms with Crippen LogP contribution >= 0.6 is 0 Å². The summed E-state index contributed by atoms with van der Waals surface area (Å²) in [6, 6.07) is 14.7. The molecule has 4 aromatic rings. The predicted molar refractivity (Wildman–Crippen MR) is 106 cm³/mol. The average molecular weight is 375 g/mol. The molecule has 0 saturated carbocycles. The van der Waals surface area contributed by atoms with Crippen molar-refractivity contribution in [2.45, 2.75) is 18.7 Å². The number of aryl methyl sites for hydroxylation is 1. The molecule has 27 heavy (non-hydrogen) atoms. The lowest BCUT2D eigenvalue weighted by molar-refractivity contribution is 0.597. The van der Waals surface area contributed by atoms with Crippen LogP contribution in [0.2, 0.25) is 0 Å². The Bertz CT molecular complexity index is 1350. The number of fused-ring (bicyclic) bond motifs is 3. The van der Waals surface area contributed by atoms with Gasteiger partial charge in [0.2, 0.25) is 0 Å². The minimum atomic E-state index is -3.32. The molecule has 0 aliphatic carbocycles. The Kier molecular flexibility index (Phi) is 3.97. The van der Waals surface area contributed by atoms with Gasteiger partial charge in [0.05, 0.1) is 22.3 Å². The fraction of sp³-hybridized carbons (Fsp3) is 0.143. The summed E-state index contributed by atoms with van der Waals surface area (Å²) < 4.78 is 24.6. The molecule has 0 fully saturated rings. The summed E-state index contributed by atoms with van der Waals surface area (Å²) in [6.07, 6.45) is 1.79. The monoisotopic (exact) mass is 375 g/mol. The zero-order valence-electron chi connectivity index (χ0n) is 14.9. The number of aromatic amines is 1. The fourth-order valence-corrected chi connectivity index (χ4v) is 4.26. The van der Waals surface area contributed by atoms with E-state index in [1.807, 2.05) is 19.1 Å². The lowest BCUT2D eigenvalue weighted by atomic mass is 9.97. The maximum Gasteiger partial charge on any atom is 0.178 e. The topological polar surface area (TPSA) is 86.6 Å². The van der Waals surface area contributed by atoms with Gasteiger partial charge in [-0.2, -0.15) is 5.26 Å². The third kappa shape index (κ3) is 2.86. The highest BCUT2D eigenvalue weighted by molar-refractivity contribution is 7.91. The van der Waals surface area contributed by atoms with Gasteiger partial charge in [-0.25, -0.2) is 13.4 Å². The summed E-state index contributed by atoms with van der Waals surface area (Å²) in [6.45, 7) is 3.60. The van der Waals surface area contributed by atoms with Crippen molar-refractivity contribution in [2.75, 3.05) is 5.75 Å². The van der Waals surface area contributed by atoms with Crippen LogP contribution in [0, 0.1) is 18.3 Å². The van der Waals surface area contributed by atoms with E-state index in [0.29, 0.717) is 5.56 Å². The Morgan fingerprint density at radius 3 is 2.74 bits per heavy atom. The van der Waals surface area contributed by atoms with Gasteiger partial charge in [-0.15, -0.1) is 0 Å². The standard InChI is InChI=1S/C21H17N3O2S/c1-3-27(25,26)16-6-4-5-15(10-16)17-8-14(11-22)9-19-20(17)18-7-13(2)12-23-21(18)24-19/h4-10,12H,3H2,1-2H3,(H,23,24). The predicted octanol–water partition coefficient (Wildman–Crippen LogP) is 4.36. The number of nitrogens with zero attached hydrogens (tertiary/aromatic N) is 2. The SMILES string of the molecule is CCS(=O)(=O)c1cccc(-c2cc(C#N)cc3[nH]c4ncc(C)cc4c23)c1. The van der Waals surface area contributed by atoms with E-state index in [1.54, 1.807) is 43.5 Å². The van der Waals surface area contributed by atoms with Crippen LogP contribution in [0.3, 0.4) is 0 Å². The Morgan fingerprint density at radius 1 is 1.19 bits per heavy atom. The molecule has 6 heteroatoms. The van der Waals surface area contributed by atoms with E-state index in [4.69, 9.17) is 0 Å². The molecule has 0 unspecified atom stereocenters. The minimum absolute atomic E-state index is 0.0420. The van der Waals surface area contributed by atoms with Gasteiger partial charge in [-0.1, -0.05) is 19.1 Å². The summed E-state index contributed by atoms with van der Waals surface area (Å²) >= 11 is 0. The molecule has 2 heterocycles. The highest BCUT2D eigenvalue weighted by Crippen LogP contribution is 2.36. The number of sulfone groups is 1. The van der Waals surface area contributed by atoms with Gasteiger partial charge in [0.1, 0.15) is 5.65 Å². The highest BCUT2D eigenvalue weighted by Gasteiger charge is 2.16. The second-order valence-corrected chi connectivity index (χ2v) is 8.80. The zero-order chi connectivity index (χ0) is 19.2. The number of H-pyrrole nitrogens is 1. The number of nitriles is 1. The molecule has 0 radical (unpaired) electrons. The summed E-state index contributed by atoms with van der Waals surface area (Å²) in [5.41, 5.74) is 4.65. The summed E-state index contributed by atoms with van der Waals surface area (Å²) in [5, 5.41) is 11.3. The van der Waals surface area contributed by atoms with Gasteiger partial charge in [0.15, 0.2) is 9.84 Å². The molecule has 2 aromatic carbocycles. The first-order chi connectivity index (χ1) is 12.9. The van der Waals surface area contributed by atoms with Crippen molar-refractivity contribution < 1.29 is 8.42 Å². The van der Waals surface area contributed by atoms with Crippen molar-refractivity contribution in [2.24, 2.45) is 0 Å². The second-order valence-electron chi connectivity index (χ2n) is 6.52. The highest BCUT2D eigenvalue weighted by atomic mass is 32.2. The lowest BCUT2D eigenvalue weighted by Gasteiger charge is -2.08. The van der Waals surface area contributed by atoms with Crippen molar-refractivity contribution in [3.8, 4) is 17.2 Å². The van der Waals surface area contributed by atoms with Gasteiger partial charge in [-0.3, -0.25) is 0 Å². The Morgan fingerprint density at radius 2 is 2.00 bits per heavy atom. The summed E-state index contributed by atoms with van der Waals surface area (Å²) in [5.74, 6) is 0.0420. The molecule has 0 bridgehead atoms. The van der Waals surface area contributed by atoms with E-state index < -0.39 is 9.84 Å². The maximum atomic E-state index is 12.3. The zero-order valence-corrected chi connectivity index (χ0v) is 15.8. The molecule has 2 aromatic heterocycles. The number of aromatic nitrogens is 2. The van der Waals surface area contributed by atoms with Gasteiger partial charge >= 0.3 is 0 Å². The van der Waals surface area contributed by atoms with Gasteiger partial charge < -0.3 is 4.98 Å². The molecule has 1 N–H and O–H groups in total. The molecule has 0 atom stereocenters.